The summed E-state index contributed by atoms with van der Waals surface area (Å²) in [5.41, 5.74) is 2.08. The highest BCUT2D eigenvalue weighted by Crippen LogP contribution is 2.26. The second-order valence-electron chi connectivity index (χ2n) is 5.25. The topological polar surface area (TPSA) is 69.6 Å². The minimum Gasteiger partial charge on any atom is -0.481 e. The number of hydrogen-bond donors (Lipinski definition) is 2. The van der Waals surface area contributed by atoms with Gasteiger partial charge in [-0.15, -0.1) is 0 Å². The number of para-hydroxylation sites is 1. The molecule has 1 aliphatic rings. The number of carboxylic acid groups (broad SMARTS) is 1. The molecule has 108 valence electrons. The van der Waals surface area contributed by atoms with Crippen LogP contribution in [0.5, 0.6) is 0 Å². The zero-order valence-corrected chi connectivity index (χ0v) is 11.8. The first-order valence-corrected chi connectivity index (χ1v) is 6.89. The van der Waals surface area contributed by atoms with Crippen LogP contribution in [0, 0.1) is 5.92 Å². The Morgan fingerprint density at radius 1 is 1.30 bits per heavy atom. The molecule has 0 fully saturated rings. The average molecular weight is 276 g/mol. The van der Waals surface area contributed by atoms with Crippen LogP contribution in [-0.4, -0.2) is 29.7 Å². The van der Waals surface area contributed by atoms with Crippen molar-refractivity contribution in [3.63, 3.8) is 0 Å². The van der Waals surface area contributed by atoms with Gasteiger partial charge in [0.1, 0.15) is 0 Å². The zero-order chi connectivity index (χ0) is 14.7. The van der Waals surface area contributed by atoms with Gasteiger partial charge in [-0.05, 0) is 38.3 Å². The Morgan fingerprint density at radius 2 is 2.00 bits per heavy atom. The second-order valence-corrected chi connectivity index (χ2v) is 5.25. The Balaban J connectivity index is 2.09. The summed E-state index contributed by atoms with van der Waals surface area (Å²) in [4.78, 5) is 25.0. The lowest BCUT2D eigenvalue weighted by molar-refractivity contribution is -0.141. The SMILES string of the molecule is CC(NC(=O)N1CCCc2ccccc21)C(C)C(=O)O. The highest BCUT2D eigenvalue weighted by molar-refractivity contribution is 5.93. The summed E-state index contributed by atoms with van der Waals surface area (Å²) in [5, 5.41) is 11.7. The van der Waals surface area contributed by atoms with E-state index in [0.717, 1.165) is 24.1 Å². The molecule has 0 bridgehead atoms. The van der Waals surface area contributed by atoms with Gasteiger partial charge in [0.25, 0.3) is 0 Å². The molecule has 0 aromatic heterocycles. The third-order valence-electron chi connectivity index (χ3n) is 3.85. The Labute approximate surface area is 118 Å². The Kier molecular flexibility index (Phi) is 4.27. The van der Waals surface area contributed by atoms with Gasteiger partial charge in [-0.3, -0.25) is 9.69 Å². The zero-order valence-electron chi connectivity index (χ0n) is 11.8. The van der Waals surface area contributed by atoms with E-state index in [2.05, 4.69) is 5.32 Å². The average Bonchev–Trinajstić information content (AvgIpc) is 2.45. The summed E-state index contributed by atoms with van der Waals surface area (Å²) in [6.45, 7) is 3.97. The Bertz CT molecular complexity index is 516. The number of benzene rings is 1. The van der Waals surface area contributed by atoms with Crippen LogP contribution >= 0.6 is 0 Å². The number of urea groups is 1. The van der Waals surface area contributed by atoms with Crippen molar-refractivity contribution in [2.45, 2.75) is 32.7 Å². The molecule has 1 aliphatic heterocycles. The third kappa shape index (κ3) is 2.92. The van der Waals surface area contributed by atoms with Crippen molar-refractivity contribution in [1.82, 2.24) is 5.32 Å². The molecule has 0 aliphatic carbocycles. The number of hydrogen-bond acceptors (Lipinski definition) is 2. The summed E-state index contributed by atoms with van der Waals surface area (Å²) in [6, 6.07) is 7.20. The first-order valence-electron chi connectivity index (χ1n) is 6.89. The van der Waals surface area contributed by atoms with Crippen LogP contribution in [0.15, 0.2) is 24.3 Å². The number of amides is 2. The molecule has 1 aromatic rings. The van der Waals surface area contributed by atoms with Crippen molar-refractivity contribution in [2.75, 3.05) is 11.4 Å². The molecule has 5 heteroatoms. The summed E-state index contributed by atoms with van der Waals surface area (Å²) in [5.74, 6) is -1.52. The van der Waals surface area contributed by atoms with Gasteiger partial charge in [0.05, 0.1) is 5.92 Å². The predicted molar refractivity (Wildman–Crippen MR) is 76.9 cm³/mol. The number of carbonyl (C=O) groups excluding carboxylic acids is 1. The maximum absolute atomic E-state index is 12.3. The van der Waals surface area contributed by atoms with E-state index in [1.54, 1.807) is 18.7 Å². The van der Waals surface area contributed by atoms with Gasteiger partial charge in [-0.25, -0.2) is 4.79 Å². The van der Waals surface area contributed by atoms with E-state index >= 15 is 0 Å². The third-order valence-corrected chi connectivity index (χ3v) is 3.85. The van der Waals surface area contributed by atoms with Crippen molar-refractivity contribution in [2.24, 2.45) is 5.92 Å². The normalized spacial score (nSPS) is 17.0. The molecule has 0 saturated heterocycles. The van der Waals surface area contributed by atoms with Crippen LogP contribution in [0.3, 0.4) is 0 Å². The lowest BCUT2D eigenvalue weighted by Crippen LogP contribution is -2.48. The highest BCUT2D eigenvalue weighted by Gasteiger charge is 2.26. The number of rotatable bonds is 3. The minimum atomic E-state index is -0.906. The number of fused-ring (bicyclic) bond motifs is 1. The molecule has 1 aromatic carbocycles. The Morgan fingerprint density at radius 3 is 2.70 bits per heavy atom. The van der Waals surface area contributed by atoms with Gasteiger partial charge in [-0.2, -0.15) is 0 Å². The summed E-state index contributed by atoms with van der Waals surface area (Å²) >= 11 is 0. The van der Waals surface area contributed by atoms with Crippen molar-refractivity contribution >= 4 is 17.7 Å². The molecule has 2 unspecified atom stereocenters. The van der Waals surface area contributed by atoms with Gasteiger partial charge >= 0.3 is 12.0 Å². The van der Waals surface area contributed by atoms with E-state index in [-0.39, 0.29) is 6.03 Å². The summed E-state index contributed by atoms with van der Waals surface area (Å²) < 4.78 is 0. The molecule has 2 amide bonds. The van der Waals surface area contributed by atoms with Crippen molar-refractivity contribution in [1.29, 1.82) is 0 Å². The van der Waals surface area contributed by atoms with Gasteiger partial charge < -0.3 is 10.4 Å². The minimum absolute atomic E-state index is 0.224. The number of nitrogens with zero attached hydrogens (tertiary/aromatic N) is 1. The van der Waals surface area contributed by atoms with E-state index in [4.69, 9.17) is 5.11 Å². The number of aryl methyl sites for hydroxylation is 1. The van der Waals surface area contributed by atoms with E-state index in [1.165, 1.54) is 0 Å². The van der Waals surface area contributed by atoms with E-state index in [0.29, 0.717) is 6.54 Å². The van der Waals surface area contributed by atoms with Crippen LogP contribution in [0.1, 0.15) is 25.8 Å². The number of anilines is 1. The van der Waals surface area contributed by atoms with Crippen LogP contribution in [0.4, 0.5) is 10.5 Å². The van der Waals surface area contributed by atoms with Crippen LogP contribution < -0.4 is 10.2 Å². The number of carboxylic acids is 1. The molecule has 2 atom stereocenters. The van der Waals surface area contributed by atoms with Crippen molar-refractivity contribution in [3.8, 4) is 0 Å². The molecule has 0 saturated carbocycles. The van der Waals surface area contributed by atoms with Gasteiger partial charge in [0.15, 0.2) is 0 Å². The summed E-state index contributed by atoms with van der Waals surface area (Å²) in [6.07, 6.45) is 1.90. The quantitative estimate of drug-likeness (QED) is 0.889. The summed E-state index contributed by atoms with van der Waals surface area (Å²) in [7, 11) is 0. The molecule has 5 nitrogen and oxygen atoms in total. The van der Waals surface area contributed by atoms with Crippen LogP contribution in [0.2, 0.25) is 0 Å². The fraction of sp³-hybridized carbons (Fsp3) is 0.467. The maximum Gasteiger partial charge on any atom is 0.322 e. The first kappa shape index (κ1) is 14.4. The largest absolute Gasteiger partial charge is 0.481 e. The predicted octanol–water partition coefficient (Wildman–Crippen LogP) is 2.26. The molecular formula is C15H20N2O3. The van der Waals surface area contributed by atoms with E-state index in [1.807, 2.05) is 24.3 Å². The second kappa shape index (κ2) is 5.94. The number of carbonyl (C=O) groups is 2. The van der Waals surface area contributed by atoms with Crippen LogP contribution in [0.25, 0.3) is 0 Å². The molecule has 1 heterocycles. The lowest BCUT2D eigenvalue weighted by Gasteiger charge is -2.31. The molecular weight excluding hydrogens is 256 g/mol. The highest BCUT2D eigenvalue weighted by atomic mass is 16.4. The standard InChI is InChI=1S/C15H20N2O3/c1-10(14(18)19)11(2)16-15(20)17-9-5-7-12-6-3-4-8-13(12)17/h3-4,6,8,10-11H,5,7,9H2,1-2H3,(H,16,20)(H,18,19). The monoisotopic (exact) mass is 276 g/mol. The number of nitrogens with one attached hydrogen (secondary N) is 1. The van der Waals surface area contributed by atoms with E-state index in [9.17, 15) is 9.59 Å². The fourth-order valence-electron chi connectivity index (χ4n) is 2.36. The lowest BCUT2D eigenvalue weighted by atomic mass is 10.0. The van der Waals surface area contributed by atoms with Gasteiger partial charge in [0, 0.05) is 18.3 Å². The fourth-order valence-corrected chi connectivity index (χ4v) is 2.36. The molecule has 2 rings (SSSR count). The van der Waals surface area contributed by atoms with Crippen molar-refractivity contribution in [3.05, 3.63) is 29.8 Å². The van der Waals surface area contributed by atoms with Gasteiger partial charge in [-0.1, -0.05) is 18.2 Å². The molecule has 20 heavy (non-hydrogen) atoms. The maximum atomic E-state index is 12.3. The van der Waals surface area contributed by atoms with Gasteiger partial charge in [0.2, 0.25) is 0 Å². The number of aliphatic carboxylic acids is 1. The molecule has 0 radical (unpaired) electrons. The Hall–Kier alpha value is -2.04. The molecule has 0 spiro atoms. The van der Waals surface area contributed by atoms with Crippen molar-refractivity contribution < 1.29 is 14.7 Å². The first-order chi connectivity index (χ1) is 9.50. The van der Waals surface area contributed by atoms with E-state index < -0.39 is 17.9 Å². The smallest absolute Gasteiger partial charge is 0.322 e. The molecule has 2 N–H and O–H groups in total. The van der Waals surface area contributed by atoms with Crippen LogP contribution in [-0.2, 0) is 11.2 Å².